The molecule has 2 aliphatic rings. The molecule has 0 bridgehead atoms. The van der Waals surface area contributed by atoms with Crippen LogP contribution in [-0.2, 0) is 14.3 Å². The van der Waals surface area contributed by atoms with Gasteiger partial charge in [-0.15, -0.1) is 0 Å². The lowest BCUT2D eigenvalue weighted by atomic mass is 9.87. The Morgan fingerprint density at radius 2 is 2.50 bits per heavy atom. The third kappa shape index (κ3) is 1.51. The highest BCUT2D eigenvalue weighted by Gasteiger charge is 2.38. The zero-order valence-corrected chi connectivity index (χ0v) is 8.49. The summed E-state index contributed by atoms with van der Waals surface area (Å²) in [6, 6.07) is 0. The predicted molar refractivity (Wildman–Crippen MR) is 51.5 cm³/mol. The summed E-state index contributed by atoms with van der Waals surface area (Å²) >= 11 is 0. The summed E-state index contributed by atoms with van der Waals surface area (Å²) < 4.78 is 10.9. The summed E-state index contributed by atoms with van der Waals surface area (Å²) in [7, 11) is 1.68. The Morgan fingerprint density at radius 3 is 3.21 bits per heavy atom. The Balaban J connectivity index is 2.13. The van der Waals surface area contributed by atoms with Crippen LogP contribution in [0, 0.1) is 11.8 Å². The molecule has 1 fully saturated rings. The van der Waals surface area contributed by atoms with E-state index >= 15 is 0 Å². The lowest BCUT2D eigenvalue weighted by Gasteiger charge is -2.25. The van der Waals surface area contributed by atoms with Crippen molar-refractivity contribution < 1.29 is 14.3 Å². The minimum atomic E-state index is 0.415. The quantitative estimate of drug-likeness (QED) is 0.646. The summed E-state index contributed by atoms with van der Waals surface area (Å²) in [4.78, 5) is 10.5. The first-order valence-electron chi connectivity index (χ1n) is 5.20. The van der Waals surface area contributed by atoms with Crippen LogP contribution in [-0.4, -0.2) is 20.0 Å². The number of rotatable bonds is 3. The molecule has 0 aromatic carbocycles. The average molecular weight is 196 g/mol. The van der Waals surface area contributed by atoms with Gasteiger partial charge in [0.25, 0.3) is 0 Å². The number of carbonyl (C=O) groups excluding carboxylic acids is 1. The molecule has 3 heteroatoms. The fourth-order valence-electron chi connectivity index (χ4n) is 2.50. The normalized spacial score (nSPS) is 30.9. The molecule has 14 heavy (non-hydrogen) atoms. The molecule has 0 N–H and O–H groups in total. The number of hydrogen-bond acceptors (Lipinski definition) is 3. The Morgan fingerprint density at radius 1 is 1.64 bits per heavy atom. The lowest BCUT2D eigenvalue weighted by Crippen LogP contribution is -2.19. The summed E-state index contributed by atoms with van der Waals surface area (Å²) in [5.74, 6) is 2.83. The average Bonchev–Trinajstić information content (AvgIpc) is 2.58. The molecular weight excluding hydrogens is 180 g/mol. The van der Waals surface area contributed by atoms with Crippen LogP contribution in [0.5, 0.6) is 0 Å². The van der Waals surface area contributed by atoms with Crippen LogP contribution >= 0.6 is 0 Å². The van der Waals surface area contributed by atoms with Gasteiger partial charge in [-0.1, -0.05) is 0 Å². The number of hydrogen-bond donors (Lipinski definition) is 0. The molecular formula is C11H16O3. The van der Waals surface area contributed by atoms with Gasteiger partial charge in [0.05, 0.1) is 13.7 Å². The molecule has 0 radical (unpaired) electrons. The summed E-state index contributed by atoms with van der Waals surface area (Å²) in [5.41, 5.74) is 0. The Hall–Kier alpha value is -0.990. The molecule has 1 heterocycles. The van der Waals surface area contributed by atoms with Gasteiger partial charge < -0.3 is 14.3 Å². The Kier molecular flexibility index (Phi) is 2.75. The first-order valence-corrected chi connectivity index (χ1v) is 5.20. The smallest absolute Gasteiger partial charge is 0.137 e. The van der Waals surface area contributed by atoms with Crippen molar-refractivity contribution >= 4 is 6.29 Å². The van der Waals surface area contributed by atoms with Crippen molar-refractivity contribution in [1.29, 1.82) is 0 Å². The minimum Gasteiger partial charge on any atom is -0.498 e. The van der Waals surface area contributed by atoms with Gasteiger partial charge in [-0.3, -0.25) is 0 Å². The van der Waals surface area contributed by atoms with Gasteiger partial charge >= 0.3 is 0 Å². The van der Waals surface area contributed by atoms with E-state index in [1.165, 1.54) is 0 Å². The van der Waals surface area contributed by atoms with Crippen LogP contribution in [0.15, 0.2) is 11.5 Å². The van der Waals surface area contributed by atoms with Crippen LogP contribution in [0.3, 0.4) is 0 Å². The van der Waals surface area contributed by atoms with E-state index in [1.807, 2.05) is 0 Å². The molecule has 0 amide bonds. The van der Waals surface area contributed by atoms with Crippen molar-refractivity contribution in [2.75, 3.05) is 13.7 Å². The Labute approximate surface area is 84.1 Å². The highest BCUT2D eigenvalue weighted by molar-refractivity contribution is 5.50. The van der Waals surface area contributed by atoms with E-state index in [0.29, 0.717) is 18.3 Å². The van der Waals surface area contributed by atoms with Crippen LogP contribution in [0.4, 0.5) is 0 Å². The SMILES string of the molecule is COC1=C2OCCC[C@@H]2[C@@H](CC=O)C1. The number of aldehydes is 1. The molecule has 0 aromatic rings. The fourth-order valence-corrected chi connectivity index (χ4v) is 2.50. The topological polar surface area (TPSA) is 35.5 Å². The number of carbonyl (C=O) groups is 1. The van der Waals surface area contributed by atoms with Crippen LogP contribution in [0.1, 0.15) is 25.7 Å². The van der Waals surface area contributed by atoms with Crippen LogP contribution in [0.25, 0.3) is 0 Å². The van der Waals surface area contributed by atoms with Crippen molar-refractivity contribution in [3.63, 3.8) is 0 Å². The maximum Gasteiger partial charge on any atom is 0.137 e. The zero-order valence-electron chi connectivity index (χ0n) is 8.49. The molecule has 1 saturated heterocycles. The third-order valence-corrected chi connectivity index (χ3v) is 3.19. The van der Waals surface area contributed by atoms with Crippen molar-refractivity contribution in [2.45, 2.75) is 25.7 Å². The second-order valence-electron chi connectivity index (χ2n) is 3.96. The molecule has 0 unspecified atom stereocenters. The van der Waals surface area contributed by atoms with E-state index in [2.05, 4.69) is 0 Å². The van der Waals surface area contributed by atoms with Gasteiger partial charge in [0.2, 0.25) is 0 Å². The van der Waals surface area contributed by atoms with E-state index in [-0.39, 0.29) is 0 Å². The first-order chi connectivity index (χ1) is 6.86. The largest absolute Gasteiger partial charge is 0.498 e. The maximum atomic E-state index is 10.5. The summed E-state index contributed by atoms with van der Waals surface area (Å²) in [6.07, 6.45) is 4.75. The summed E-state index contributed by atoms with van der Waals surface area (Å²) in [6.45, 7) is 0.798. The van der Waals surface area contributed by atoms with E-state index in [1.54, 1.807) is 7.11 Å². The minimum absolute atomic E-state index is 0.415. The van der Waals surface area contributed by atoms with Gasteiger partial charge in [-0.05, 0) is 18.8 Å². The molecule has 2 rings (SSSR count). The summed E-state index contributed by atoms with van der Waals surface area (Å²) in [5, 5.41) is 0. The second-order valence-corrected chi connectivity index (χ2v) is 3.96. The van der Waals surface area contributed by atoms with Gasteiger partial charge in [0, 0.05) is 18.8 Å². The van der Waals surface area contributed by atoms with Crippen molar-refractivity contribution in [3.8, 4) is 0 Å². The maximum absolute atomic E-state index is 10.5. The van der Waals surface area contributed by atoms with Gasteiger partial charge in [0.1, 0.15) is 17.8 Å². The number of allylic oxidation sites excluding steroid dienone is 2. The van der Waals surface area contributed by atoms with E-state index in [0.717, 1.165) is 43.7 Å². The number of ether oxygens (including phenoxy) is 2. The van der Waals surface area contributed by atoms with Gasteiger partial charge in [0.15, 0.2) is 0 Å². The van der Waals surface area contributed by atoms with Crippen molar-refractivity contribution in [2.24, 2.45) is 11.8 Å². The number of methoxy groups -OCH3 is 1. The molecule has 3 nitrogen and oxygen atoms in total. The Bertz CT molecular complexity index is 257. The van der Waals surface area contributed by atoms with E-state index < -0.39 is 0 Å². The monoisotopic (exact) mass is 196 g/mol. The zero-order chi connectivity index (χ0) is 9.97. The fraction of sp³-hybridized carbons (Fsp3) is 0.727. The molecule has 78 valence electrons. The van der Waals surface area contributed by atoms with Gasteiger partial charge in [-0.25, -0.2) is 0 Å². The third-order valence-electron chi connectivity index (χ3n) is 3.19. The molecule has 0 saturated carbocycles. The molecule has 1 aliphatic heterocycles. The predicted octanol–water partition coefficient (Wildman–Crippen LogP) is 1.88. The lowest BCUT2D eigenvalue weighted by molar-refractivity contribution is -0.109. The second kappa shape index (κ2) is 4.03. The van der Waals surface area contributed by atoms with Crippen molar-refractivity contribution in [1.82, 2.24) is 0 Å². The van der Waals surface area contributed by atoms with Gasteiger partial charge in [-0.2, -0.15) is 0 Å². The first kappa shape index (κ1) is 9.56. The van der Waals surface area contributed by atoms with Crippen LogP contribution < -0.4 is 0 Å². The van der Waals surface area contributed by atoms with E-state index in [9.17, 15) is 4.79 Å². The number of fused-ring (bicyclic) bond motifs is 1. The molecule has 0 aromatic heterocycles. The molecule has 1 aliphatic carbocycles. The standard InChI is InChI=1S/C11H16O3/c1-13-10-7-8(4-5-12)9-3-2-6-14-11(9)10/h5,8-9H,2-4,6-7H2,1H3/t8-,9+/m0/s1. The highest BCUT2D eigenvalue weighted by atomic mass is 16.5. The molecule has 2 atom stereocenters. The highest BCUT2D eigenvalue weighted by Crippen LogP contribution is 2.44. The van der Waals surface area contributed by atoms with E-state index in [4.69, 9.17) is 9.47 Å². The molecule has 0 spiro atoms. The van der Waals surface area contributed by atoms with Crippen molar-refractivity contribution in [3.05, 3.63) is 11.5 Å². The van der Waals surface area contributed by atoms with Crippen LogP contribution in [0.2, 0.25) is 0 Å².